The molecule has 0 aliphatic carbocycles. The fraction of sp³-hybridized carbons (Fsp3) is 0.357. The van der Waals surface area contributed by atoms with E-state index < -0.39 is 0 Å². The van der Waals surface area contributed by atoms with E-state index in [4.69, 9.17) is 16.3 Å². The van der Waals surface area contributed by atoms with Crippen LogP contribution in [0.4, 0.5) is 5.95 Å². The number of nitrogens with zero attached hydrogens (tertiary/aromatic N) is 3. The van der Waals surface area contributed by atoms with E-state index in [1.54, 1.807) is 0 Å². The van der Waals surface area contributed by atoms with E-state index in [-0.39, 0.29) is 17.3 Å². The van der Waals surface area contributed by atoms with Gasteiger partial charge in [-0.1, -0.05) is 30.3 Å². The van der Waals surface area contributed by atoms with Crippen LogP contribution in [0.1, 0.15) is 18.9 Å². The minimum Gasteiger partial charge on any atom is -0.467 e. The third-order valence-electron chi connectivity index (χ3n) is 2.85. The Balaban J connectivity index is 1.91. The Hall–Kier alpha value is -1.88. The van der Waals surface area contributed by atoms with E-state index in [0.29, 0.717) is 5.95 Å². The first-order chi connectivity index (χ1) is 9.67. The van der Waals surface area contributed by atoms with E-state index in [1.165, 1.54) is 12.7 Å². The molecular formula is C14H17ClN4O. The van der Waals surface area contributed by atoms with E-state index in [1.807, 2.05) is 18.2 Å². The third kappa shape index (κ3) is 4.35. The number of ether oxygens (including phenoxy) is 1. The molecule has 0 bridgehead atoms. The van der Waals surface area contributed by atoms with Crippen LogP contribution in [0.15, 0.2) is 30.3 Å². The average Bonchev–Trinajstić information content (AvgIpc) is 2.45. The summed E-state index contributed by atoms with van der Waals surface area (Å²) in [5.74, 6) is 0.433. The van der Waals surface area contributed by atoms with Crippen molar-refractivity contribution in [1.82, 2.24) is 15.0 Å². The molecule has 106 valence electrons. The highest BCUT2D eigenvalue weighted by Gasteiger charge is 2.08. The zero-order valence-electron chi connectivity index (χ0n) is 11.5. The summed E-state index contributed by atoms with van der Waals surface area (Å²) >= 11 is 5.80. The molecule has 1 heterocycles. The standard InChI is InChI=1S/C14H17ClN4O/c1-10(8-9-11-6-4-3-5-7-11)16-13-17-12(15)18-14(19-13)20-2/h3-7,10H,8-9H2,1-2H3,(H,16,17,18,19). The topological polar surface area (TPSA) is 59.9 Å². The first kappa shape index (κ1) is 14.5. The Labute approximate surface area is 123 Å². The monoisotopic (exact) mass is 292 g/mol. The van der Waals surface area contributed by atoms with Crippen molar-refractivity contribution in [3.63, 3.8) is 0 Å². The van der Waals surface area contributed by atoms with Crippen molar-refractivity contribution < 1.29 is 4.74 Å². The highest BCUT2D eigenvalue weighted by molar-refractivity contribution is 6.28. The maximum Gasteiger partial charge on any atom is 0.322 e. The molecule has 6 heteroatoms. The summed E-state index contributed by atoms with van der Waals surface area (Å²) < 4.78 is 4.96. The smallest absolute Gasteiger partial charge is 0.322 e. The van der Waals surface area contributed by atoms with E-state index in [9.17, 15) is 0 Å². The van der Waals surface area contributed by atoms with Gasteiger partial charge in [0.25, 0.3) is 0 Å². The molecule has 1 N–H and O–H groups in total. The van der Waals surface area contributed by atoms with Gasteiger partial charge in [0.1, 0.15) is 0 Å². The van der Waals surface area contributed by atoms with Gasteiger partial charge in [-0.3, -0.25) is 0 Å². The molecule has 0 saturated carbocycles. The Bertz CT molecular complexity index is 550. The number of hydrogen-bond acceptors (Lipinski definition) is 5. The Morgan fingerprint density at radius 2 is 1.95 bits per heavy atom. The maximum atomic E-state index is 5.80. The van der Waals surface area contributed by atoms with Crippen molar-refractivity contribution in [3.05, 3.63) is 41.2 Å². The van der Waals surface area contributed by atoms with Crippen LogP contribution in [0.2, 0.25) is 5.28 Å². The number of anilines is 1. The van der Waals surface area contributed by atoms with Crippen LogP contribution in [-0.4, -0.2) is 28.1 Å². The van der Waals surface area contributed by atoms with Crippen molar-refractivity contribution in [3.8, 4) is 6.01 Å². The largest absolute Gasteiger partial charge is 0.467 e. The minimum atomic E-state index is 0.120. The molecule has 0 amide bonds. The van der Waals surface area contributed by atoms with Crippen molar-refractivity contribution in [1.29, 1.82) is 0 Å². The normalized spacial score (nSPS) is 11.9. The van der Waals surface area contributed by atoms with Crippen LogP contribution in [0.25, 0.3) is 0 Å². The van der Waals surface area contributed by atoms with Gasteiger partial charge in [0.15, 0.2) is 0 Å². The molecule has 2 rings (SSSR count). The third-order valence-corrected chi connectivity index (χ3v) is 3.02. The number of halogens is 1. The number of rotatable bonds is 6. The second-order valence-corrected chi connectivity index (χ2v) is 4.82. The van der Waals surface area contributed by atoms with Crippen LogP contribution in [-0.2, 0) is 6.42 Å². The fourth-order valence-corrected chi connectivity index (χ4v) is 1.96. The zero-order chi connectivity index (χ0) is 14.4. The van der Waals surface area contributed by atoms with E-state index >= 15 is 0 Å². The Kier molecular flexibility index (Phi) is 5.12. The van der Waals surface area contributed by atoms with Crippen molar-refractivity contribution in [2.75, 3.05) is 12.4 Å². The minimum absolute atomic E-state index is 0.120. The van der Waals surface area contributed by atoms with Crippen molar-refractivity contribution in [2.24, 2.45) is 0 Å². The first-order valence-corrected chi connectivity index (χ1v) is 6.81. The number of hydrogen-bond donors (Lipinski definition) is 1. The molecule has 0 aliphatic heterocycles. The molecular weight excluding hydrogens is 276 g/mol. The lowest BCUT2D eigenvalue weighted by Gasteiger charge is -2.14. The van der Waals surface area contributed by atoms with Gasteiger partial charge in [-0.05, 0) is 36.9 Å². The van der Waals surface area contributed by atoms with Crippen molar-refractivity contribution in [2.45, 2.75) is 25.8 Å². The summed E-state index contributed by atoms with van der Waals surface area (Å²) in [6, 6.07) is 10.8. The van der Waals surface area contributed by atoms with Crippen molar-refractivity contribution >= 4 is 17.5 Å². The van der Waals surface area contributed by atoms with Crippen LogP contribution >= 0.6 is 11.6 Å². The zero-order valence-corrected chi connectivity index (χ0v) is 12.3. The molecule has 5 nitrogen and oxygen atoms in total. The lowest BCUT2D eigenvalue weighted by Crippen LogP contribution is -2.18. The van der Waals surface area contributed by atoms with Gasteiger partial charge in [-0.15, -0.1) is 0 Å². The predicted molar refractivity (Wildman–Crippen MR) is 79.2 cm³/mol. The number of methoxy groups -OCH3 is 1. The van der Waals surface area contributed by atoms with E-state index in [0.717, 1.165) is 12.8 Å². The molecule has 0 saturated heterocycles. The molecule has 1 aromatic heterocycles. The lowest BCUT2D eigenvalue weighted by atomic mass is 10.1. The highest BCUT2D eigenvalue weighted by Crippen LogP contribution is 2.13. The molecule has 0 fully saturated rings. The number of benzene rings is 1. The second-order valence-electron chi connectivity index (χ2n) is 4.48. The summed E-state index contributed by atoms with van der Waals surface area (Å²) in [6.45, 7) is 2.08. The summed E-state index contributed by atoms with van der Waals surface area (Å²) in [6.07, 6.45) is 1.96. The predicted octanol–water partition coefficient (Wildman–Crippen LogP) is 2.97. The molecule has 1 unspecified atom stereocenters. The molecule has 1 aromatic carbocycles. The van der Waals surface area contributed by atoms with E-state index in [2.05, 4.69) is 39.3 Å². The SMILES string of the molecule is COc1nc(Cl)nc(NC(C)CCc2ccccc2)n1. The summed E-state index contributed by atoms with van der Waals surface area (Å²) in [5, 5.41) is 3.32. The molecule has 0 radical (unpaired) electrons. The van der Waals surface area contributed by atoms with Crippen LogP contribution in [0, 0.1) is 0 Å². The molecule has 1 atom stereocenters. The summed E-state index contributed by atoms with van der Waals surface area (Å²) in [5.41, 5.74) is 1.31. The number of nitrogens with one attached hydrogen (secondary N) is 1. The van der Waals surface area contributed by atoms with Gasteiger partial charge < -0.3 is 10.1 Å². The maximum absolute atomic E-state index is 5.80. The van der Waals surface area contributed by atoms with Crippen LogP contribution in [0.5, 0.6) is 6.01 Å². The second kappa shape index (κ2) is 7.05. The highest BCUT2D eigenvalue weighted by atomic mass is 35.5. The fourth-order valence-electron chi connectivity index (χ4n) is 1.81. The van der Waals surface area contributed by atoms with Crippen LogP contribution < -0.4 is 10.1 Å². The van der Waals surface area contributed by atoms with Gasteiger partial charge in [0.2, 0.25) is 11.2 Å². The Morgan fingerprint density at radius 3 is 2.65 bits per heavy atom. The van der Waals surface area contributed by atoms with Gasteiger partial charge in [-0.2, -0.15) is 15.0 Å². The van der Waals surface area contributed by atoms with Gasteiger partial charge in [-0.25, -0.2) is 0 Å². The van der Waals surface area contributed by atoms with Gasteiger partial charge in [0, 0.05) is 6.04 Å². The van der Waals surface area contributed by atoms with Crippen LogP contribution in [0.3, 0.4) is 0 Å². The number of aromatic nitrogens is 3. The quantitative estimate of drug-likeness (QED) is 0.887. The molecule has 0 aliphatic rings. The molecule has 0 spiro atoms. The molecule has 2 aromatic rings. The summed E-state index contributed by atoms with van der Waals surface area (Å²) in [7, 11) is 1.49. The Morgan fingerprint density at radius 1 is 1.20 bits per heavy atom. The molecule has 20 heavy (non-hydrogen) atoms. The lowest BCUT2D eigenvalue weighted by molar-refractivity contribution is 0.378. The van der Waals surface area contributed by atoms with Gasteiger partial charge in [0.05, 0.1) is 7.11 Å². The summed E-state index contributed by atoms with van der Waals surface area (Å²) in [4.78, 5) is 12.0. The van der Waals surface area contributed by atoms with Gasteiger partial charge >= 0.3 is 6.01 Å². The number of aryl methyl sites for hydroxylation is 1. The average molecular weight is 293 g/mol. The first-order valence-electron chi connectivity index (χ1n) is 6.43.